The molecular formula is C15H17INO+. The summed E-state index contributed by atoms with van der Waals surface area (Å²) in [5.74, 6) is 0. The fraction of sp³-hybridized carbons (Fsp3) is 0.200. The lowest BCUT2D eigenvalue weighted by molar-refractivity contribution is -0.677. The summed E-state index contributed by atoms with van der Waals surface area (Å²) in [4.78, 5) is 0. The maximum Gasteiger partial charge on any atom is 0.128 e. The van der Waals surface area contributed by atoms with Gasteiger partial charge in [0.05, 0.1) is 0 Å². The van der Waals surface area contributed by atoms with E-state index in [9.17, 15) is 5.11 Å². The average Bonchev–Trinajstić information content (AvgIpc) is 2.42. The lowest BCUT2D eigenvalue weighted by Gasteiger charge is -2.10. The molecule has 94 valence electrons. The molecule has 2 rings (SSSR count). The SMILES string of the molecule is O[C@@H](C[NH2+]Cc1ccccc1I)c1ccccc1. The van der Waals surface area contributed by atoms with Crippen molar-refractivity contribution in [1.82, 2.24) is 0 Å². The van der Waals surface area contributed by atoms with Crippen LogP contribution in [0.3, 0.4) is 0 Å². The van der Waals surface area contributed by atoms with Gasteiger partial charge in [-0.15, -0.1) is 0 Å². The summed E-state index contributed by atoms with van der Waals surface area (Å²) in [5.41, 5.74) is 2.30. The van der Waals surface area contributed by atoms with Crippen molar-refractivity contribution in [2.75, 3.05) is 6.54 Å². The van der Waals surface area contributed by atoms with Gasteiger partial charge in [0.1, 0.15) is 19.2 Å². The van der Waals surface area contributed by atoms with Gasteiger partial charge < -0.3 is 10.4 Å². The van der Waals surface area contributed by atoms with Crippen LogP contribution in [0.15, 0.2) is 54.6 Å². The summed E-state index contributed by atoms with van der Waals surface area (Å²) in [6.45, 7) is 1.60. The van der Waals surface area contributed by atoms with E-state index in [1.54, 1.807) is 0 Å². The number of aliphatic hydroxyl groups excluding tert-OH is 1. The predicted octanol–water partition coefficient (Wildman–Crippen LogP) is 2.09. The summed E-state index contributed by atoms with van der Waals surface area (Å²) in [6.07, 6.45) is -0.396. The zero-order chi connectivity index (χ0) is 12.8. The molecule has 3 N–H and O–H groups in total. The maximum atomic E-state index is 10.0. The second-order valence-corrected chi connectivity index (χ2v) is 5.41. The second-order valence-electron chi connectivity index (χ2n) is 4.25. The van der Waals surface area contributed by atoms with Gasteiger partial charge in [-0.25, -0.2) is 0 Å². The number of benzene rings is 2. The van der Waals surface area contributed by atoms with E-state index in [1.165, 1.54) is 9.13 Å². The van der Waals surface area contributed by atoms with Gasteiger partial charge in [-0.2, -0.15) is 0 Å². The molecule has 0 aliphatic rings. The highest BCUT2D eigenvalue weighted by Crippen LogP contribution is 2.11. The van der Waals surface area contributed by atoms with Crippen LogP contribution < -0.4 is 5.32 Å². The third-order valence-corrected chi connectivity index (χ3v) is 3.95. The van der Waals surface area contributed by atoms with Crippen LogP contribution in [-0.2, 0) is 6.54 Å². The highest BCUT2D eigenvalue weighted by molar-refractivity contribution is 14.1. The minimum Gasteiger partial charge on any atom is -0.382 e. The molecule has 0 heterocycles. The molecule has 0 amide bonds. The third-order valence-electron chi connectivity index (χ3n) is 2.90. The average molecular weight is 354 g/mol. The Morgan fingerprint density at radius 2 is 1.67 bits per heavy atom. The number of nitrogens with two attached hydrogens (primary N) is 1. The van der Waals surface area contributed by atoms with Crippen LogP contribution in [0.2, 0.25) is 0 Å². The molecule has 0 fully saturated rings. The zero-order valence-corrected chi connectivity index (χ0v) is 12.2. The molecule has 0 saturated carbocycles. The van der Waals surface area contributed by atoms with E-state index in [0.717, 1.165) is 12.1 Å². The van der Waals surface area contributed by atoms with Crippen LogP contribution in [0.1, 0.15) is 17.2 Å². The third kappa shape index (κ3) is 3.80. The Morgan fingerprint density at radius 3 is 2.39 bits per heavy atom. The van der Waals surface area contributed by atoms with Crippen molar-refractivity contribution < 1.29 is 10.4 Å². The molecule has 0 aliphatic heterocycles. The van der Waals surface area contributed by atoms with Gasteiger partial charge in [0, 0.05) is 9.13 Å². The molecule has 0 saturated heterocycles. The van der Waals surface area contributed by atoms with E-state index < -0.39 is 6.10 Å². The Bertz CT molecular complexity index is 487. The van der Waals surface area contributed by atoms with E-state index in [-0.39, 0.29) is 0 Å². The molecule has 0 unspecified atom stereocenters. The van der Waals surface area contributed by atoms with E-state index in [4.69, 9.17) is 0 Å². The minimum absolute atomic E-state index is 0.396. The van der Waals surface area contributed by atoms with Crippen molar-refractivity contribution >= 4 is 22.6 Å². The lowest BCUT2D eigenvalue weighted by Crippen LogP contribution is -2.83. The van der Waals surface area contributed by atoms with Crippen LogP contribution >= 0.6 is 22.6 Å². The van der Waals surface area contributed by atoms with Gasteiger partial charge in [-0.3, -0.25) is 0 Å². The molecule has 0 bridgehead atoms. The Morgan fingerprint density at radius 1 is 1.00 bits per heavy atom. The summed E-state index contributed by atoms with van der Waals surface area (Å²) in [6, 6.07) is 18.1. The molecule has 0 aliphatic carbocycles. The Hall–Kier alpha value is -0.910. The van der Waals surface area contributed by atoms with Crippen molar-refractivity contribution in [3.8, 4) is 0 Å². The summed E-state index contributed by atoms with van der Waals surface area (Å²) < 4.78 is 1.28. The lowest BCUT2D eigenvalue weighted by atomic mass is 10.1. The monoisotopic (exact) mass is 354 g/mol. The zero-order valence-electron chi connectivity index (χ0n) is 10.1. The van der Waals surface area contributed by atoms with Gasteiger partial charge in [0.25, 0.3) is 0 Å². The van der Waals surface area contributed by atoms with Crippen LogP contribution in [0.5, 0.6) is 0 Å². The highest BCUT2D eigenvalue weighted by Gasteiger charge is 2.09. The minimum atomic E-state index is -0.396. The van der Waals surface area contributed by atoms with Gasteiger partial charge in [-0.05, 0) is 34.2 Å². The fourth-order valence-corrected chi connectivity index (χ4v) is 2.48. The van der Waals surface area contributed by atoms with Crippen LogP contribution in [0, 0.1) is 3.57 Å². The summed E-state index contributed by atoms with van der Waals surface area (Å²) in [5, 5.41) is 12.2. The molecule has 0 aromatic heterocycles. The first kappa shape index (κ1) is 13.5. The smallest absolute Gasteiger partial charge is 0.128 e. The molecule has 0 radical (unpaired) electrons. The molecule has 0 spiro atoms. The predicted molar refractivity (Wildman–Crippen MR) is 81.1 cm³/mol. The van der Waals surface area contributed by atoms with Gasteiger partial charge in [0.2, 0.25) is 0 Å². The first-order valence-electron chi connectivity index (χ1n) is 6.05. The maximum absolute atomic E-state index is 10.0. The molecule has 3 heteroatoms. The number of quaternary nitrogens is 1. The Labute approximate surface area is 121 Å². The standard InChI is InChI=1S/C15H16INO/c16-14-9-5-4-8-13(14)10-17-11-15(18)12-6-2-1-3-7-12/h1-9,15,17-18H,10-11H2/p+1/t15-/m0/s1. The van der Waals surface area contributed by atoms with Gasteiger partial charge in [-0.1, -0.05) is 48.5 Å². The van der Waals surface area contributed by atoms with Crippen molar-refractivity contribution in [3.63, 3.8) is 0 Å². The summed E-state index contributed by atoms with van der Waals surface area (Å²) >= 11 is 2.35. The Kier molecular flexibility index (Phi) is 5.16. The molecule has 2 aromatic carbocycles. The topological polar surface area (TPSA) is 36.8 Å². The number of hydrogen-bond donors (Lipinski definition) is 2. The first-order chi connectivity index (χ1) is 8.77. The van der Waals surface area contributed by atoms with E-state index >= 15 is 0 Å². The fourth-order valence-electron chi connectivity index (χ4n) is 1.87. The normalized spacial score (nSPS) is 12.3. The first-order valence-corrected chi connectivity index (χ1v) is 7.13. The largest absolute Gasteiger partial charge is 0.382 e. The van der Waals surface area contributed by atoms with Crippen molar-refractivity contribution in [2.45, 2.75) is 12.6 Å². The molecule has 2 aromatic rings. The van der Waals surface area contributed by atoms with Crippen LogP contribution in [-0.4, -0.2) is 11.7 Å². The van der Waals surface area contributed by atoms with Crippen molar-refractivity contribution in [2.24, 2.45) is 0 Å². The summed E-state index contributed by atoms with van der Waals surface area (Å²) in [7, 11) is 0. The molecule has 18 heavy (non-hydrogen) atoms. The Balaban J connectivity index is 1.84. The number of hydrogen-bond acceptors (Lipinski definition) is 1. The molecule has 2 nitrogen and oxygen atoms in total. The molecule has 1 atom stereocenters. The highest BCUT2D eigenvalue weighted by atomic mass is 127. The molecular weight excluding hydrogens is 337 g/mol. The van der Waals surface area contributed by atoms with Gasteiger partial charge >= 0.3 is 0 Å². The quantitative estimate of drug-likeness (QED) is 0.793. The van der Waals surface area contributed by atoms with Crippen molar-refractivity contribution in [3.05, 3.63) is 69.3 Å². The van der Waals surface area contributed by atoms with E-state index in [0.29, 0.717) is 6.54 Å². The second kappa shape index (κ2) is 6.87. The number of halogens is 1. The number of rotatable bonds is 5. The van der Waals surface area contributed by atoms with E-state index in [1.807, 2.05) is 36.4 Å². The van der Waals surface area contributed by atoms with Gasteiger partial charge in [0.15, 0.2) is 0 Å². The van der Waals surface area contributed by atoms with Crippen LogP contribution in [0.4, 0.5) is 0 Å². The van der Waals surface area contributed by atoms with Crippen molar-refractivity contribution in [1.29, 1.82) is 0 Å². The van der Waals surface area contributed by atoms with E-state index in [2.05, 4.69) is 46.1 Å². The van der Waals surface area contributed by atoms with Crippen LogP contribution in [0.25, 0.3) is 0 Å². The number of aliphatic hydroxyl groups is 1.